The van der Waals surface area contributed by atoms with Crippen molar-refractivity contribution in [3.63, 3.8) is 0 Å². The molecular formula is C18H36IN7O. The number of hydrogen-bond donors (Lipinski definition) is 2. The normalized spacial score (nSPS) is 16.4. The number of guanidine groups is 1. The van der Waals surface area contributed by atoms with Crippen LogP contribution < -0.4 is 10.6 Å². The number of likely N-dealkylation sites (tertiary alicyclic amines) is 1. The lowest BCUT2D eigenvalue weighted by molar-refractivity contribution is 0.167. The topological polar surface area (TPSA) is 79.6 Å². The summed E-state index contributed by atoms with van der Waals surface area (Å²) in [6, 6.07) is 1.08. The van der Waals surface area contributed by atoms with Crippen LogP contribution in [0.1, 0.15) is 44.8 Å². The van der Waals surface area contributed by atoms with Crippen LogP contribution in [0.4, 0.5) is 0 Å². The first-order valence-electron chi connectivity index (χ1n) is 9.64. The molecule has 0 spiro atoms. The van der Waals surface area contributed by atoms with Crippen molar-refractivity contribution in [1.82, 2.24) is 30.3 Å². The summed E-state index contributed by atoms with van der Waals surface area (Å²) in [7, 11) is 3.70. The molecule has 27 heavy (non-hydrogen) atoms. The highest BCUT2D eigenvalue weighted by atomic mass is 127. The van der Waals surface area contributed by atoms with E-state index in [1.807, 2.05) is 18.5 Å². The van der Waals surface area contributed by atoms with E-state index in [0.717, 1.165) is 63.1 Å². The van der Waals surface area contributed by atoms with E-state index in [0.29, 0.717) is 18.6 Å². The lowest BCUT2D eigenvalue weighted by Gasteiger charge is -2.35. The molecule has 0 bridgehead atoms. The smallest absolute Gasteiger partial charge is 0.191 e. The highest BCUT2D eigenvalue weighted by molar-refractivity contribution is 14.0. The lowest BCUT2D eigenvalue weighted by Crippen LogP contribution is -2.50. The Morgan fingerprint density at radius 2 is 2.00 bits per heavy atom. The van der Waals surface area contributed by atoms with E-state index >= 15 is 0 Å². The van der Waals surface area contributed by atoms with Crippen LogP contribution in [0.3, 0.4) is 0 Å². The van der Waals surface area contributed by atoms with Crippen molar-refractivity contribution >= 4 is 29.9 Å². The van der Waals surface area contributed by atoms with Gasteiger partial charge in [0.05, 0.1) is 0 Å². The van der Waals surface area contributed by atoms with Crippen LogP contribution in [0.2, 0.25) is 0 Å². The molecule has 1 aliphatic rings. The van der Waals surface area contributed by atoms with Gasteiger partial charge < -0.3 is 24.8 Å². The predicted molar refractivity (Wildman–Crippen MR) is 120 cm³/mol. The number of halogens is 1. The van der Waals surface area contributed by atoms with Gasteiger partial charge in [0.2, 0.25) is 0 Å². The van der Waals surface area contributed by atoms with Crippen LogP contribution in [-0.2, 0) is 18.3 Å². The van der Waals surface area contributed by atoms with Crippen molar-refractivity contribution < 1.29 is 4.74 Å². The number of methoxy groups -OCH3 is 1. The largest absolute Gasteiger partial charge is 0.385 e. The van der Waals surface area contributed by atoms with E-state index in [1.54, 1.807) is 7.11 Å². The van der Waals surface area contributed by atoms with E-state index in [4.69, 9.17) is 9.73 Å². The fourth-order valence-electron chi connectivity index (χ4n) is 3.07. The van der Waals surface area contributed by atoms with Gasteiger partial charge in [-0.1, -0.05) is 0 Å². The van der Waals surface area contributed by atoms with Crippen LogP contribution in [-0.4, -0.2) is 71.1 Å². The Bertz CT molecular complexity index is 568. The van der Waals surface area contributed by atoms with E-state index in [2.05, 4.69) is 39.6 Å². The zero-order valence-electron chi connectivity index (χ0n) is 17.4. The van der Waals surface area contributed by atoms with Gasteiger partial charge >= 0.3 is 0 Å². The molecular weight excluding hydrogens is 457 g/mol. The number of aromatic nitrogens is 3. The molecule has 0 aromatic carbocycles. The van der Waals surface area contributed by atoms with E-state index in [9.17, 15) is 0 Å². The van der Waals surface area contributed by atoms with Crippen molar-refractivity contribution in [2.45, 2.75) is 58.7 Å². The first-order valence-corrected chi connectivity index (χ1v) is 9.64. The first kappa shape index (κ1) is 24.1. The van der Waals surface area contributed by atoms with E-state index < -0.39 is 0 Å². The summed E-state index contributed by atoms with van der Waals surface area (Å²) in [5.74, 6) is 2.62. The Morgan fingerprint density at radius 3 is 2.56 bits per heavy atom. The number of piperidine rings is 1. The Labute approximate surface area is 180 Å². The fraction of sp³-hybridized carbons (Fsp3) is 0.833. The number of hydrogen-bond acceptors (Lipinski definition) is 5. The predicted octanol–water partition coefficient (Wildman–Crippen LogP) is 1.69. The number of nitrogens with zero attached hydrogens (tertiary/aromatic N) is 5. The van der Waals surface area contributed by atoms with Gasteiger partial charge in [-0.2, -0.15) is 0 Å². The minimum atomic E-state index is 0. The molecule has 0 radical (unpaired) electrons. The highest BCUT2D eigenvalue weighted by Gasteiger charge is 2.21. The third-order valence-corrected chi connectivity index (χ3v) is 4.98. The van der Waals surface area contributed by atoms with E-state index in [-0.39, 0.29) is 24.0 Å². The van der Waals surface area contributed by atoms with Gasteiger partial charge in [-0.3, -0.25) is 0 Å². The molecule has 2 rings (SSSR count). The summed E-state index contributed by atoms with van der Waals surface area (Å²) < 4.78 is 7.11. The second-order valence-corrected chi connectivity index (χ2v) is 7.21. The molecule has 2 N–H and O–H groups in total. The summed E-state index contributed by atoms with van der Waals surface area (Å²) in [5, 5.41) is 15.3. The molecule has 9 heteroatoms. The van der Waals surface area contributed by atoms with Gasteiger partial charge in [0.1, 0.15) is 12.4 Å². The summed E-state index contributed by atoms with van der Waals surface area (Å²) in [6.45, 7) is 10.8. The quantitative estimate of drug-likeness (QED) is 0.248. The zero-order chi connectivity index (χ0) is 18.9. The van der Waals surface area contributed by atoms with Crippen molar-refractivity contribution in [3.05, 3.63) is 11.6 Å². The fourth-order valence-corrected chi connectivity index (χ4v) is 3.07. The molecule has 0 amide bonds. The van der Waals surface area contributed by atoms with Crippen molar-refractivity contribution in [2.24, 2.45) is 12.0 Å². The van der Waals surface area contributed by atoms with E-state index in [1.165, 1.54) is 0 Å². The number of aryl methyl sites for hydroxylation is 1. The van der Waals surface area contributed by atoms with Crippen molar-refractivity contribution in [2.75, 3.05) is 33.4 Å². The Balaban J connectivity index is 0.00000364. The summed E-state index contributed by atoms with van der Waals surface area (Å²) >= 11 is 0. The van der Waals surface area contributed by atoms with Crippen LogP contribution in [0, 0.1) is 6.92 Å². The number of aliphatic imine (C=N–C) groups is 1. The molecule has 1 saturated heterocycles. The number of ether oxygens (including phenoxy) is 1. The highest BCUT2D eigenvalue weighted by Crippen LogP contribution is 2.13. The number of rotatable bonds is 8. The van der Waals surface area contributed by atoms with Crippen LogP contribution >= 0.6 is 24.0 Å². The van der Waals surface area contributed by atoms with Gasteiger partial charge in [-0.25, -0.2) is 4.99 Å². The molecule has 0 saturated carbocycles. The maximum Gasteiger partial charge on any atom is 0.191 e. The summed E-state index contributed by atoms with van der Waals surface area (Å²) in [5.41, 5.74) is 0. The average molecular weight is 493 g/mol. The maximum absolute atomic E-state index is 5.13. The Kier molecular flexibility index (Phi) is 11.2. The van der Waals surface area contributed by atoms with Crippen LogP contribution in [0.25, 0.3) is 0 Å². The van der Waals surface area contributed by atoms with Gasteiger partial charge in [-0.05, 0) is 40.0 Å². The monoisotopic (exact) mass is 493 g/mol. The first-order chi connectivity index (χ1) is 12.5. The van der Waals surface area contributed by atoms with Gasteiger partial charge in [-0.15, -0.1) is 34.2 Å². The zero-order valence-corrected chi connectivity index (χ0v) is 19.7. The minimum Gasteiger partial charge on any atom is -0.385 e. The Morgan fingerprint density at radius 1 is 1.30 bits per heavy atom. The molecule has 2 heterocycles. The Hall–Kier alpha value is -0.940. The summed E-state index contributed by atoms with van der Waals surface area (Å²) in [6.07, 6.45) is 3.23. The van der Waals surface area contributed by atoms with Crippen molar-refractivity contribution in [1.29, 1.82) is 0 Å². The van der Waals surface area contributed by atoms with Gasteiger partial charge in [0, 0.05) is 52.5 Å². The third kappa shape index (κ3) is 7.90. The molecule has 0 aliphatic carbocycles. The average Bonchev–Trinajstić information content (AvgIpc) is 2.95. The van der Waals surface area contributed by atoms with Crippen molar-refractivity contribution in [3.8, 4) is 0 Å². The maximum atomic E-state index is 5.13. The lowest BCUT2D eigenvalue weighted by atomic mass is 10.0. The van der Waals surface area contributed by atoms with Crippen LogP contribution in [0.5, 0.6) is 0 Å². The standard InChI is InChI=1S/C18H35N7O.HI/c1-14(2)25-10-7-16(8-11-25)21-18(19-9-6-12-26-5)20-13-17-23-22-15(3)24(17)4;/h14,16H,6-13H2,1-5H3,(H2,19,20,21);1H. The van der Waals surface area contributed by atoms with Gasteiger partial charge in [0.15, 0.2) is 11.8 Å². The SMILES string of the molecule is COCCCNC(=NCc1nnc(C)n1C)NC1CCN(C(C)C)CC1.I. The van der Waals surface area contributed by atoms with Gasteiger partial charge in [0.25, 0.3) is 0 Å². The number of nitrogens with one attached hydrogen (secondary N) is 2. The minimum absolute atomic E-state index is 0. The molecule has 1 aromatic heterocycles. The third-order valence-electron chi connectivity index (χ3n) is 4.98. The second-order valence-electron chi connectivity index (χ2n) is 7.21. The molecule has 1 fully saturated rings. The summed E-state index contributed by atoms with van der Waals surface area (Å²) in [4.78, 5) is 7.26. The molecule has 0 unspecified atom stereocenters. The molecule has 1 aliphatic heterocycles. The van der Waals surface area contributed by atoms with Crippen LogP contribution in [0.15, 0.2) is 4.99 Å². The molecule has 0 atom stereocenters. The second kappa shape index (κ2) is 12.5. The molecule has 156 valence electrons. The molecule has 8 nitrogen and oxygen atoms in total. The molecule has 1 aromatic rings.